The van der Waals surface area contributed by atoms with Gasteiger partial charge in [0.1, 0.15) is 0 Å². The largest absolute Gasteiger partial charge is 0.454 e. The monoisotopic (exact) mass is 431 g/mol. The summed E-state index contributed by atoms with van der Waals surface area (Å²) in [6.07, 6.45) is 4.67. The predicted octanol–water partition coefficient (Wildman–Crippen LogP) is 2.52. The summed E-state index contributed by atoms with van der Waals surface area (Å²) in [6, 6.07) is 5.38. The zero-order valence-corrected chi connectivity index (χ0v) is 17.5. The molecule has 1 aromatic carbocycles. The minimum absolute atomic E-state index is 0.103. The second kappa shape index (κ2) is 8.73. The highest BCUT2D eigenvalue weighted by atomic mass is 32.2. The third-order valence-electron chi connectivity index (χ3n) is 5.49. The number of amides is 1. The summed E-state index contributed by atoms with van der Waals surface area (Å²) >= 11 is 1.40. The second-order valence-electron chi connectivity index (χ2n) is 7.63. The van der Waals surface area contributed by atoms with Crippen LogP contribution in [0.3, 0.4) is 0 Å². The molecule has 1 N–H and O–H groups in total. The number of carbonyl (C=O) groups is 1. The molecule has 2 fully saturated rings. The summed E-state index contributed by atoms with van der Waals surface area (Å²) in [5.41, 5.74) is 0.684. The molecule has 0 bridgehead atoms. The Morgan fingerprint density at radius 1 is 1.17 bits per heavy atom. The van der Waals surface area contributed by atoms with Crippen molar-refractivity contribution in [2.75, 3.05) is 42.5 Å². The van der Waals surface area contributed by atoms with Gasteiger partial charge in [-0.3, -0.25) is 9.36 Å². The van der Waals surface area contributed by atoms with Crippen LogP contribution in [0.2, 0.25) is 0 Å². The molecule has 5 rings (SSSR count). The van der Waals surface area contributed by atoms with Crippen LogP contribution in [0.15, 0.2) is 23.4 Å². The van der Waals surface area contributed by atoms with E-state index in [1.165, 1.54) is 24.6 Å². The molecular weight excluding hydrogens is 406 g/mol. The first kappa shape index (κ1) is 19.5. The number of anilines is 2. The molecule has 0 spiro atoms. The van der Waals surface area contributed by atoms with E-state index in [-0.39, 0.29) is 24.6 Å². The lowest BCUT2D eigenvalue weighted by molar-refractivity contribution is -0.113. The van der Waals surface area contributed by atoms with Crippen LogP contribution in [0.5, 0.6) is 11.5 Å². The number of nitrogens with zero attached hydrogens (tertiary/aromatic N) is 4. The normalized spacial score (nSPS) is 20.1. The molecule has 2 aromatic rings. The van der Waals surface area contributed by atoms with Crippen LogP contribution in [-0.4, -0.2) is 59.0 Å². The van der Waals surface area contributed by atoms with Crippen molar-refractivity contribution in [3.05, 3.63) is 18.2 Å². The molecule has 9 nitrogen and oxygen atoms in total. The van der Waals surface area contributed by atoms with E-state index in [0.29, 0.717) is 17.2 Å². The zero-order chi connectivity index (χ0) is 20.3. The molecule has 3 aliphatic rings. The van der Waals surface area contributed by atoms with Gasteiger partial charge in [0, 0.05) is 31.5 Å². The number of rotatable bonds is 7. The number of nitrogens with one attached hydrogen (secondary N) is 1. The second-order valence-corrected chi connectivity index (χ2v) is 8.57. The summed E-state index contributed by atoms with van der Waals surface area (Å²) in [5.74, 6) is 2.37. The summed E-state index contributed by atoms with van der Waals surface area (Å²) in [7, 11) is 0. The van der Waals surface area contributed by atoms with E-state index in [9.17, 15) is 4.79 Å². The van der Waals surface area contributed by atoms with Gasteiger partial charge in [0.05, 0.1) is 18.4 Å². The Hall–Kier alpha value is -2.46. The number of carbonyl (C=O) groups excluding carboxylic acids is 1. The maximum absolute atomic E-state index is 12.5. The van der Waals surface area contributed by atoms with Crippen molar-refractivity contribution in [3.63, 3.8) is 0 Å². The van der Waals surface area contributed by atoms with Gasteiger partial charge in [0.25, 0.3) is 0 Å². The van der Waals surface area contributed by atoms with Gasteiger partial charge in [0.15, 0.2) is 16.7 Å². The van der Waals surface area contributed by atoms with Crippen molar-refractivity contribution >= 4 is 29.3 Å². The van der Waals surface area contributed by atoms with E-state index < -0.39 is 0 Å². The molecule has 30 heavy (non-hydrogen) atoms. The smallest absolute Gasteiger partial charge is 0.234 e. The van der Waals surface area contributed by atoms with Gasteiger partial charge < -0.3 is 24.4 Å². The van der Waals surface area contributed by atoms with Crippen molar-refractivity contribution in [1.29, 1.82) is 0 Å². The summed E-state index contributed by atoms with van der Waals surface area (Å²) < 4.78 is 18.6. The topological polar surface area (TPSA) is 90.7 Å². The molecule has 0 radical (unpaired) electrons. The molecule has 2 saturated heterocycles. The molecule has 4 heterocycles. The Bertz CT molecular complexity index is 909. The highest BCUT2D eigenvalue weighted by molar-refractivity contribution is 7.99. The van der Waals surface area contributed by atoms with Crippen LogP contribution >= 0.6 is 11.8 Å². The molecule has 160 valence electrons. The van der Waals surface area contributed by atoms with Crippen LogP contribution in [0, 0.1) is 0 Å². The lowest BCUT2D eigenvalue weighted by Crippen LogP contribution is -2.25. The van der Waals surface area contributed by atoms with Gasteiger partial charge in [-0.25, -0.2) is 0 Å². The summed E-state index contributed by atoms with van der Waals surface area (Å²) in [5, 5.41) is 12.5. The highest BCUT2D eigenvalue weighted by Crippen LogP contribution is 2.34. The van der Waals surface area contributed by atoms with Crippen LogP contribution < -0.4 is 19.7 Å². The van der Waals surface area contributed by atoms with Crippen LogP contribution in [0.25, 0.3) is 0 Å². The zero-order valence-electron chi connectivity index (χ0n) is 16.7. The van der Waals surface area contributed by atoms with Gasteiger partial charge in [0.2, 0.25) is 18.6 Å². The first-order valence-corrected chi connectivity index (χ1v) is 11.4. The van der Waals surface area contributed by atoms with Gasteiger partial charge in [-0.1, -0.05) is 11.8 Å². The molecule has 1 aromatic heterocycles. The molecular formula is C20H25N5O4S. The Labute approximate surface area is 179 Å². The van der Waals surface area contributed by atoms with E-state index in [2.05, 4.69) is 25.0 Å². The van der Waals surface area contributed by atoms with Crippen LogP contribution in [-0.2, 0) is 16.1 Å². The van der Waals surface area contributed by atoms with Crippen molar-refractivity contribution in [2.24, 2.45) is 0 Å². The number of aromatic nitrogens is 3. The fourth-order valence-electron chi connectivity index (χ4n) is 3.99. The summed E-state index contributed by atoms with van der Waals surface area (Å²) in [6.45, 7) is 3.75. The first-order chi connectivity index (χ1) is 14.8. The fraction of sp³-hybridized carbons (Fsp3) is 0.550. The maximum atomic E-state index is 12.5. The van der Waals surface area contributed by atoms with E-state index in [1.54, 1.807) is 12.1 Å². The van der Waals surface area contributed by atoms with Crippen molar-refractivity contribution in [2.45, 2.75) is 43.5 Å². The minimum atomic E-state index is -0.103. The third-order valence-corrected chi connectivity index (χ3v) is 6.45. The number of hydrogen-bond donors (Lipinski definition) is 1. The Balaban J connectivity index is 1.25. The number of fused-ring (bicyclic) bond motifs is 1. The molecule has 0 aliphatic carbocycles. The Morgan fingerprint density at radius 2 is 2.03 bits per heavy atom. The summed E-state index contributed by atoms with van der Waals surface area (Å²) in [4.78, 5) is 14.8. The first-order valence-electron chi connectivity index (χ1n) is 10.4. The highest BCUT2D eigenvalue weighted by Gasteiger charge is 2.25. The lowest BCUT2D eigenvalue weighted by Gasteiger charge is -2.20. The van der Waals surface area contributed by atoms with Gasteiger partial charge in [-0.2, -0.15) is 0 Å². The van der Waals surface area contributed by atoms with Gasteiger partial charge >= 0.3 is 0 Å². The van der Waals surface area contributed by atoms with Crippen molar-refractivity contribution in [3.8, 4) is 11.5 Å². The number of ether oxygens (including phenoxy) is 3. The quantitative estimate of drug-likeness (QED) is 0.669. The molecule has 1 atom stereocenters. The fourth-order valence-corrected chi connectivity index (χ4v) is 4.73. The average Bonchev–Trinajstić information content (AvgIpc) is 3.53. The van der Waals surface area contributed by atoms with Crippen LogP contribution in [0.1, 0.15) is 25.7 Å². The van der Waals surface area contributed by atoms with Crippen LogP contribution in [0.4, 0.5) is 11.6 Å². The molecule has 1 unspecified atom stereocenters. The van der Waals surface area contributed by atoms with Crippen molar-refractivity contribution < 1.29 is 19.0 Å². The Kier molecular flexibility index (Phi) is 5.67. The van der Waals surface area contributed by atoms with Gasteiger partial charge in [-0.05, 0) is 37.8 Å². The Morgan fingerprint density at radius 3 is 2.87 bits per heavy atom. The van der Waals surface area contributed by atoms with E-state index in [4.69, 9.17) is 14.2 Å². The molecule has 10 heteroatoms. The molecule has 1 amide bonds. The average molecular weight is 432 g/mol. The number of benzene rings is 1. The maximum Gasteiger partial charge on any atom is 0.234 e. The molecule has 0 saturated carbocycles. The van der Waals surface area contributed by atoms with Crippen molar-refractivity contribution in [1.82, 2.24) is 14.8 Å². The lowest BCUT2D eigenvalue weighted by atomic mass is 10.2. The van der Waals surface area contributed by atoms with Gasteiger partial charge in [-0.15, -0.1) is 10.2 Å². The standard InChI is InChI=1S/C20H25N5O4S/c26-18(21-14-5-6-16-17(10-14)29-13-28-16)12-30-20-23-22-19(24-7-1-2-8-24)25(20)11-15-4-3-9-27-15/h5-6,10,15H,1-4,7-9,11-13H2,(H,21,26). The van der Waals surface area contributed by atoms with E-state index in [0.717, 1.165) is 50.2 Å². The van der Waals surface area contributed by atoms with E-state index in [1.807, 2.05) is 6.07 Å². The minimum Gasteiger partial charge on any atom is -0.454 e. The van der Waals surface area contributed by atoms with E-state index >= 15 is 0 Å². The number of hydrogen-bond acceptors (Lipinski definition) is 8. The number of thioether (sulfide) groups is 1. The predicted molar refractivity (Wildman–Crippen MR) is 112 cm³/mol. The molecule has 3 aliphatic heterocycles. The third kappa shape index (κ3) is 4.20. The SMILES string of the molecule is O=C(CSc1nnc(N2CCCC2)n1CC1CCCO1)Nc1ccc2c(c1)OCO2.